The summed E-state index contributed by atoms with van der Waals surface area (Å²) >= 11 is 0. The van der Waals surface area contributed by atoms with Crippen LogP contribution in [0.5, 0.6) is 5.75 Å². The Balaban J connectivity index is 1.52. The molecule has 0 atom stereocenters. The molecule has 5 aromatic rings. The maximum absolute atomic E-state index is 13.4. The molecule has 186 valence electrons. The Morgan fingerprint density at radius 1 is 0.973 bits per heavy atom. The van der Waals surface area contributed by atoms with E-state index >= 15 is 0 Å². The zero-order valence-electron chi connectivity index (χ0n) is 21.2. The monoisotopic (exact) mass is 493 g/mol. The van der Waals surface area contributed by atoms with Crippen LogP contribution >= 0.6 is 0 Å². The molecule has 2 heterocycles. The summed E-state index contributed by atoms with van der Waals surface area (Å²) in [5.74, 6) is 0.539. The Morgan fingerprint density at radius 2 is 1.73 bits per heavy atom. The van der Waals surface area contributed by atoms with Gasteiger partial charge in [-0.3, -0.25) is 0 Å². The lowest BCUT2D eigenvalue weighted by molar-refractivity contribution is 0.0476. The van der Waals surface area contributed by atoms with Gasteiger partial charge in [-0.05, 0) is 72.5 Å². The fraction of sp³-hybridized carbons (Fsp3) is 0.194. The number of fused-ring (bicyclic) bond motifs is 2. The third kappa shape index (κ3) is 4.83. The molecule has 0 fully saturated rings. The first-order valence-electron chi connectivity index (χ1n) is 12.1. The van der Waals surface area contributed by atoms with Crippen LogP contribution in [-0.4, -0.2) is 18.1 Å². The molecule has 0 radical (unpaired) electrons. The molecule has 6 nitrogen and oxygen atoms in total. The van der Waals surface area contributed by atoms with E-state index in [-0.39, 0.29) is 6.61 Å². The standard InChI is InChI=1S/C31H27NO5/c1-18(2)24-15-25-21(14-30(33)37-29(25)13-19(24)3)17-36-31(34)26-16-28(20-9-11-22(35-4)12-10-20)32-27-8-6-5-7-23(26)27/h5-16,18H,17H2,1-4H3. The van der Waals surface area contributed by atoms with Crippen molar-refractivity contribution >= 4 is 27.8 Å². The number of hydrogen-bond acceptors (Lipinski definition) is 6. The molecular weight excluding hydrogens is 466 g/mol. The van der Waals surface area contributed by atoms with Crippen molar-refractivity contribution in [2.75, 3.05) is 7.11 Å². The molecular formula is C31H27NO5. The van der Waals surface area contributed by atoms with Crippen molar-refractivity contribution in [2.24, 2.45) is 0 Å². The number of benzene rings is 3. The fourth-order valence-corrected chi connectivity index (χ4v) is 4.61. The van der Waals surface area contributed by atoms with Crippen LogP contribution < -0.4 is 10.4 Å². The summed E-state index contributed by atoms with van der Waals surface area (Å²) in [5.41, 5.74) is 5.40. The van der Waals surface area contributed by atoms with Gasteiger partial charge in [-0.15, -0.1) is 0 Å². The smallest absolute Gasteiger partial charge is 0.339 e. The molecule has 0 spiro atoms. The first kappa shape index (κ1) is 24.3. The quantitative estimate of drug-likeness (QED) is 0.191. The van der Waals surface area contributed by atoms with Gasteiger partial charge >= 0.3 is 11.6 Å². The molecule has 0 saturated heterocycles. The van der Waals surface area contributed by atoms with Crippen molar-refractivity contribution in [1.82, 2.24) is 4.98 Å². The number of esters is 1. The van der Waals surface area contributed by atoms with Gasteiger partial charge in [0.25, 0.3) is 0 Å². The lowest BCUT2D eigenvalue weighted by Gasteiger charge is -2.14. The average molecular weight is 494 g/mol. The number of para-hydroxylation sites is 1. The van der Waals surface area contributed by atoms with Crippen molar-refractivity contribution in [1.29, 1.82) is 0 Å². The van der Waals surface area contributed by atoms with E-state index in [9.17, 15) is 9.59 Å². The molecule has 3 aromatic carbocycles. The number of methoxy groups -OCH3 is 1. The van der Waals surface area contributed by atoms with Gasteiger partial charge in [0.15, 0.2) is 0 Å². The molecule has 0 aliphatic carbocycles. The molecule has 5 rings (SSSR count). The van der Waals surface area contributed by atoms with Gasteiger partial charge in [0, 0.05) is 28.0 Å². The first-order valence-corrected chi connectivity index (χ1v) is 12.1. The summed E-state index contributed by atoms with van der Waals surface area (Å²) in [5, 5.41) is 1.46. The van der Waals surface area contributed by atoms with Gasteiger partial charge in [0.1, 0.15) is 17.9 Å². The van der Waals surface area contributed by atoms with Crippen LogP contribution in [-0.2, 0) is 11.3 Å². The van der Waals surface area contributed by atoms with Crippen molar-refractivity contribution in [2.45, 2.75) is 33.3 Å². The number of pyridine rings is 1. The van der Waals surface area contributed by atoms with Crippen LogP contribution in [0.3, 0.4) is 0 Å². The summed E-state index contributed by atoms with van der Waals surface area (Å²) in [4.78, 5) is 30.4. The lowest BCUT2D eigenvalue weighted by atomic mass is 9.95. The zero-order valence-corrected chi connectivity index (χ0v) is 21.2. The van der Waals surface area contributed by atoms with E-state index < -0.39 is 11.6 Å². The highest BCUT2D eigenvalue weighted by Crippen LogP contribution is 2.29. The Hall–Kier alpha value is -4.45. The molecule has 6 heteroatoms. The van der Waals surface area contributed by atoms with Crippen molar-refractivity contribution in [3.05, 3.63) is 105 Å². The van der Waals surface area contributed by atoms with Crippen molar-refractivity contribution < 1.29 is 18.7 Å². The van der Waals surface area contributed by atoms with Crippen LogP contribution in [0.15, 0.2) is 82.0 Å². The third-order valence-corrected chi connectivity index (χ3v) is 6.52. The van der Waals surface area contributed by atoms with E-state index in [1.807, 2.05) is 67.6 Å². The van der Waals surface area contributed by atoms with E-state index in [4.69, 9.17) is 18.9 Å². The maximum Gasteiger partial charge on any atom is 0.339 e. The van der Waals surface area contributed by atoms with Crippen molar-refractivity contribution in [3.63, 3.8) is 0 Å². The summed E-state index contributed by atoms with van der Waals surface area (Å²) in [6.07, 6.45) is 0. The minimum Gasteiger partial charge on any atom is -0.497 e. The highest BCUT2D eigenvalue weighted by Gasteiger charge is 2.17. The van der Waals surface area contributed by atoms with Gasteiger partial charge in [-0.1, -0.05) is 32.0 Å². The Bertz CT molecular complexity index is 1680. The maximum atomic E-state index is 13.4. The highest BCUT2D eigenvalue weighted by atomic mass is 16.5. The average Bonchev–Trinajstić information content (AvgIpc) is 2.90. The van der Waals surface area contributed by atoms with E-state index in [2.05, 4.69) is 13.8 Å². The van der Waals surface area contributed by atoms with Gasteiger partial charge < -0.3 is 13.9 Å². The number of carbonyl (C=O) groups is 1. The van der Waals surface area contributed by atoms with Gasteiger partial charge in [0.05, 0.1) is 23.9 Å². The van der Waals surface area contributed by atoms with Gasteiger partial charge in [-0.25, -0.2) is 14.6 Å². The van der Waals surface area contributed by atoms with Crippen molar-refractivity contribution in [3.8, 4) is 17.0 Å². The predicted molar refractivity (Wildman–Crippen MR) is 144 cm³/mol. The van der Waals surface area contributed by atoms with Crippen LogP contribution in [0.1, 0.15) is 46.8 Å². The Kier molecular flexibility index (Phi) is 6.49. The topological polar surface area (TPSA) is 78.6 Å². The molecule has 0 aliphatic heterocycles. The molecule has 0 aliphatic rings. The summed E-state index contributed by atoms with van der Waals surface area (Å²) in [7, 11) is 1.61. The van der Waals surface area contributed by atoms with Crippen LogP contribution in [0, 0.1) is 6.92 Å². The zero-order chi connectivity index (χ0) is 26.1. The molecule has 0 bridgehead atoms. The minimum absolute atomic E-state index is 0.0595. The second-order valence-corrected chi connectivity index (χ2v) is 9.33. The van der Waals surface area contributed by atoms with E-state index in [0.717, 1.165) is 27.8 Å². The number of aryl methyl sites for hydroxylation is 1. The van der Waals surface area contributed by atoms with E-state index in [1.165, 1.54) is 6.07 Å². The first-order chi connectivity index (χ1) is 17.8. The third-order valence-electron chi connectivity index (χ3n) is 6.52. The summed E-state index contributed by atoms with van der Waals surface area (Å²) < 4.78 is 16.5. The van der Waals surface area contributed by atoms with Crippen LogP contribution in [0.25, 0.3) is 33.1 Å². The number of hydrogen-bond donors (Lipinski definition) is 0. The minimum atomic E-state index is -0.494. The number of rotatable bonds is 6. The molecule has 0 unspecified atom stereocenters. The second kappa shape index (κ2) is 9.90. The lowest BCUT2D eigenvalue weighted by Crippen LogP contribution is -2.09. The number of nitrogens with zero attached hydrogens (tertiary/aromatic N) is 1. The SMILES string of the molecule is COc1ccc(-c2cc(C(=O)OCc3cc(=O)oc4cc(C)c(C(C)C)cc34)c3ccccc3n2)cc1. The van der Waals surface area contributed by atoms with Crippen LogP contribution in [0.4, 0.5) is 0 Å². The molecule has 0 saturated carbocycles. The fourth-order valence-electron chi connectivity index (χ4n) is 4.61. The number of ether oxygens (including phenoxy) is 2. The highest BCUT2D eigenvalue weighted by molar-refractivity contribution is 6.04. The normalized spacial score (nSPS) is 11.3. The van der Waals surface area contributed by atoms with Crippen LogP contribution in [0.2, 0.25) is 0 Å². The number of carbonyl (C=O) groups excluding carboxylic acids is 1. The van der Waals surface area contributed by atoms with E-state index in [0.29, 0.717) is 39.2 Å². The molecule has 0 amide bonds. The second-order valence-electron chi connectivity index (χ2n) is 9.33. The van der Waals surface area contributed by atoms with E-state index in [1.54, 1.807) is 13.2 Å². The molecule has 37 heavy (non-hydrogen) atoms. The molecule has 0 N–H and O–H groups in total. The predicted octanol–water partition coefficient (Wildman–Crippen LogP) is 6.81. The summed E-state index contributed by atoms with van der Waals surface area (Å²) in [6, 6.07) is 22.0. The van der Waals surface area contributed by atoms with Gasteiger partial charge in [0.2, 0.25) is 0 Å². The Labute approximate surface area is 214 Å². The Morgan fingerprint density at radius 3 is 2.46 bits per heavy atom. The largest absolute Gasteiger partial charge is 0.497 e. The molecule has 2 aromatic heterocycles. The number of aromatic nitrogens is 1. The summed E-state index contributed by atoms with van der Waals surface area (Å²) in [6.45, 7) is 6.16. The van der Waals surface area contributed by atoms with Gasteiger partial charge in [-0.2, -0.15) is 0 Å².